The van der Waals surface area contributed by atoms with Crippen LogP contribution in [0, 0.1) is 5.92 Å². The Morgan fingerprint density at radius 2 is 2.20 bits per heavy atom. The minimum Gasteiger partial charge on any atom is -0.504 e. The summed E-state index contributed by atoms with van der Waals surface area (Å²) in [6, 6.07) is 0. The molecule has 0 aliphatic heterocycles. The van der Waals surface area contributed by atoms with Crippen LogP contribution in [-0.2, 0) is 9.59 Å². The van der Waals surface area contributed by atoms with E-state index in [1.165, 1.54) is 6.08 Å². The van der Waals surface area contributed by atoms with Crippen LogP contribution in [0.1, 0.15) is 19.3 Å². The number of carbonyl (C=O) groups excluding carboxylic acids is 2. The molecule has 4 heteroatoms. The van der Waals surface area contributed by atoms with Gasteiger partial charge in [0.1, 0.15) is 11.4 Å². The Morgan fingerprint density at radius 1 is 1.53 bits per heavy atom. The molecule has 0 amide bonds. The van der Waals surface area contributed by atoms with Gasteiger partial charge >= 0.3 is 0 Å². The summed E-state index contributed by atoms with van der Waals surface area (Å²) in [5, 5.41) is 19.6. The van der Waals surface area contributed by atoms with Gasteiger partial charge in [-0.05, 0) is 18.4 Å². The monoisotopic (exact) mass is 208 g/mol. The van der Waals surface area contributed by atoms with E-state index in [2.05, 4.69) is 6.58 Å². The van der Waals surface area contributed by atoms with Crippen molar-refractivity contribution in [2.75, 3.05) is 0 Å². The molecule has 0 aromatic heterocycles. The third-order valence-corrected chi connectivity index (χ3v) is 3.18. The quantitative estimate of drug-likeness (QED) is 0.654. The van der Waals surface area contributed by atoms with Crippen LogP contribution in [0.5, 0.6) is 0 Å². The highest BCUT2D eigenvalue weighted by molar-refractivity contribution is 6.11. The van der Waals surface area contributed by atoms with Gasteiger partial charge in [-0.3, -0.25) is 9.59 Å². The van der Waals surface area contributed by atoms with Crippen molar-refractivity contribution in [1.29, 1.82) is 0 Å². The fourth-order valence-corrected chi connectivity index (χ4v) is 2.45. The molecule has 0 spiro atoms. The zero-order valence-electron chi connectivity index (χ0n) is 8.19. The molecular formula is C11H12O4. The molecule has 0 aromatic carbocycles. The van der Waals surface area contributed by atoms with Crippen molar-refractivity contribution >= 4 is 11.6 Å². The summed E-state index contributed by atoms with van der Waals surface area (Å²) in [6.07, 6.45) is 2.08. The number of aliphatic hydroxyl groups excluding tert-OH is 1. The highest BCUT2D eigenvalue weighted by Crippen LogP contribution is 2.46. The number of ketones is 2. The van der Waals surface area contributed by atoms with Crippen LogP contribution < -0.4 is 0 Å². The molecule has 4 nitrogen and oxygen atoms in total. The van der Waals surface area contributed by atoms with E-state index in [9.17, 15) is 19.8 Å². The molecule has 0 heterocycles. The third kappa shape index (κ3) is 1.11. The maximum Gasteiger partial charge on any atom is 0.229 e. The topological polar surface area (TPSA) is 74.6 Å². The van der Waals surface area contributed by atoms with E-state index in [0.717, 1.165) is 0 Å². The zero-order valence-corrected chi connectivity index (χ0v) is 8.19. The van der Waals surface area contributed by atoms with Gasteiger partial charge in [-0.1, -0.05) is 6.08 Å². The predicted octanol–water partition coefficient (Wildman–Crippen LogP) is 0.667. The van der Waals surface area contributed by atoms with E-state index < -0.39 is 23.1 Å². The van der Waals surface area contributed by atoms with Crippen molar-refractivity contribution in [3.8, 4) is 0 Å². The highest BCUT2D eigenvalue weighted by atomic mass is 16.3. The largest absolute Gasteiger partial charge is 0.504 e. The van der Waals surface area contributed by atoms with E-state index in [1.807, 2.05) is 0 Å². The average molecular weight is 208 g/mol. The molecule has 15 heavy (non-hydrogen) atoms. The van der Waals surface area contributed by atoms with Gasteiger partial charge in [0.25, 0.3) is 0 Å². The number of Topliss-reactive ketones (excluding diaryl/α,β-unsaturated/α-hetero) is 2. The normalized spacial score (nSPS) is 34.9. The van der Waals surface area contributed by atoms with Gasteiger partial charge in [-0.25, -0.2) is 0 Å². The molecular weight excluding hydrogens is 196 g/mol. The molecule has 0 radical (unpaired) electrons. The minimum absolute atomic E-state index is 0.111. The van der Waals surface area contributed by atoms with E-state index in [4.69, 9.17) is 0 Å². The number of fused-ring (bicyclic) bond motifs is 1. The molecule has 2 aliphatic rings. The molecule has 0 bridgehead atoms. The lowest BCUT2D eigenvalue weighted by Gasteiger charge is -2.20. The van der Waals surface area contributed by atoms with Gasteiger partial charge < -0.3 is 10.2 Å². The van der Waals surface area contributed by atoms with E-state index in [0.29, 0.717) is 5.57 Å². The summed E-state index contributed by atoms with van der Waals surface area (Å²) >= 11 is 0. The SMILES string of the molecule is C=CCC1=C(O)C(=O)C2(O)CCC(=O)C12. The minimum atomic E-state index is -1.68. The van der Waals surface area contributed by atoms with Crippen molar-refractivity contribution in [3.63, 3.8) is 0 Å². The summed E-state index contributed by atoms with van der Waals surface area (Å²) in [6.45, 7) is 3.50. The van der Waals surface area contributed by atoms with Gasteiger partial charge in [-0.2, -0.15) is 0 Å². The molecule has 2 atom stereocenters. The van der Waals surface area contributed by atoms with Crippen LogP contribution >= 0.6 is 0 Å². The Labute approximate surface area is 86.9 Å². The number of hydrogen-bond donors (Lipinski definition) is 2. The summed E-state index contributed by atoms with van der Waals surface area (Å²) in [7, 11) is 0. The van der Waals surface area contributed by atoms with Crippen LogP contribution in [0.15, 0.2) is 24.0 Å². The van der Waals surface area contributed by atoms with Crippen molar-refractivity contribution in [1.82, 2.24) is 0 Å². The second kappa shape index (κ2) is 3.03. The van der Waals surface area contributed by atoms with Crippen molar-refractivity contribution in [2.45, 2.75) is 24.9 Å². The Morgan fingerprint density at radius 3 is 2.80 bits per heavy atom. The predicted molar refractivity (Wildman–Crippen MR) is 52.2 cm³/mol. The summed E-state index contributed by atoms with van der Waals surface area (Å²) in [5.74, 6) is -2.18. The van der Waals surface area contributed by atoms with E-state index in [1.54, 1.807) is 0 Å². The lowest BCUT2D eigenvalue weighted by atomic mass is 9.88. The van der Waals surface area contributed by atoms with Gasteiger partial charge in [0.2, 0.25) is 5.78 Å². The number of hydrogen-bond acceptors (Lipinski definition) is 4. The molecule has 80 valence electrons. The molecule has 2 aliphatic carbocycles. The van der Waals surface area contributed by atoms with Crippen molar-refractivity contribution < 1.29 is 19.8 Å². The lowest BCUT2D eigenvalue weighted by molar-refractivity contribution is -0.138. The maximum atomic E-state index is 11.6. The molecule has 0 aromatic rings. The van der Waals surface area contributed by atoms with Gasteiger partial charge in [0.15, 0.2) is 5.76 Å². The third-order valence-electron chi connectivity index (χ3n) is 3.18. The van der Waals surface area contributed by atoms with Crippen molar-refractivity contribution in [2.24, 2.45) is 5.92 Å². The standard InChI is InChI=1S/C11H12O4/c1-2-3-6-8-7(12)4-5-11(8,15)10(14)9(6)13/h2,8,13,15H,1,3-5H2. The maximum absolute atomic E-state index is 11.6. The average Bonchev–Trinajstić information content (AvgIpc) is 2.59. The lowest BCUT2D eigenvalue weighted by Crippen LogP contribution is -2.39. The van der Waals surface area contributed by atoms with Crippen molar-refractivity contribution in [3.05, 3.63) is 24.0 Å². The molecule has 0 saturated heterocycles. The molecule has 1 saturated carbocycles. The molecule has 2 unspecified atom stereocenters. The van der Waals surface area contributed by atoms with Crippen LogP contribution in [0.25, 0.3) is 0 Å². The summed E-state index contributed by atoms with van der Waals surface area (Å²) in [4.78, 5) is 23.1. The second-order valence-corrected chi connectivity index (χ2v) is 4.02. The van der Waals surface area contributed by atoms with Gasteiger partial charge in [0.05, 0.1) is 5.92 Å². The van der Waals surface area contributed by atoms with Crippen LogP contribution in [0.4, 0.5) is 0 Å². The smallest absolute Gasteiger partial charge is 0.229 e. The second-order valence-electron chi connectivity index (χ2n) is 4.02. The first-order chi connectivity index (χ1) is 7.02. The Hall–Kier alpha value is -1.42. The zero-order chi connectivity index (χ0) is 11.2. The summed E-state index contributed by atoms with van der Waals surface area (Å²) in [5.41, 5.74) is -1.36. The van der Waals surface area contributed by atoms with Crippen LogP contribution in [0.3, 0.4) is 0 Å². The number of aliphatic hydroxyl groups is 2. The number of carbonyl (C=O) groups is 2. The first-order valence-electron chi connectivity index (χ1n) is 4.85. The molecule has 2 N–H and O–H groups in total. The Bertz CT molecular complexity index is 393. The number of rotatable bonds is 2. The highest BCUT2D eigenvalue weighted by Gasteiger charge is 2.59. The van der Waals surface area contributed by atoms with E-state index in [-0.39, 0.29) is 25.0 Å². The Kier molecular flexibility index (Phi) is 2.04. The summed E-state index contributed by atoms with van der Waals surface area (Å²) < 4.78 is 0. The first-order valence-corrected chi connectivity index (χ1v) is 4.85. The van der Waals surface area contributed by atoms with Gasteiger partial charge in [-0.15, -0.1) is 6.58 Å². The van der Waals surface area contributed by atoms with Crippen LogP contribution in [-0.4, -0.2) is 27.4 Å². The van der Waals surface area contributed by atoms with E-state index >= 15 is 0 Å². The van der Waals surface area contributed by atoms with Gasteiger partial charge in [0, 0.05) is 6.42 Å². The first kappa shape index (κ1) is 10.1. The molecule has 2 rings (SSSR count). The molecule has 1 fully saturated rings. The Balaban J connectivity index is 2.50. The van der Waals surface area contributed by atoms with Crippen LogP contribution in [0.2, 0.25) is 0 Å². The fraction of sp³-hybridized carbons (Fsp3) is 0.455. The fourth-order valence-electron chi connectivity index (χ4n) is 2.45. The number of allylic oxidation sites excluding steroid dienone is 1.